The molecule has 4 saturated carbocycles. The van der Waals surface area contributed by atoms with E-state index < -0.39 is 0 Å². The third-order valence-corrected chi connectivity index (χ3v) is 9.33. The lowest BCUT2D eigenvalue weighted by Crippen LogP contribution is -2.58. The van der Waals surface area contributed by atoms with Crippen molar-refractivity contribution in [3.05, 3.63) is 52.2 Å². The predicted octanol–water partition coefficient (Wildman–Crippen LogP) is 4.50. The van der Waals surface area contributed by atoms with E-state index in [1.54, 1.807) is 30.3 Å². The van der Waals surface area contributed by atoms with Crippen LogP contribution in [0.3, 0.4) is 0 Å². The van der Waals surface area contributed by atoms with Crippen molar-refractivity contribution in [3.8, 4) is 0 Å². The van der Waals surface area contributed by atoms with Gasteiger partial charge in [-0.05, 0) is 85.9 Å². The number of nitrogens with zero attached hydrogens (tertiary/aromatic N) is 2. The van der Waals surface area contributed by atoms with Gasteiger partial charge in [-0.15, -0.1) is 11.3 Å². The van der Waals surface area contributed by atoms with Gasteiger partial charge in [0.25, 0.3) is 11.8 Å². The number of rotatable bonds is 4. The molecule has 0 spiro atoms. The number of piperazine rings is 1. The van der Waals surface area contributed by atoms with Gasteiger partial charge in [0.15, 0.2) is 0 Å². The first kappa shape index (κ1) is 21.8. The fourth-order valence-corrected chi connectivity index (χ4v) is 7.95. The number of hydrogen-bond donors (Lipinski definition) is 1. The molecule has 178 valence electrons. The van der Waals surface area contributed by atoms with E-state index in [1.165, 1.54) is 30.6 Å². The Labute approximate surface area is 204 Å². The molecule has 1 aliphatic heterocycles. The zero-order valence-electron chi connectivity index (χ0n) is 19.4. The highest BCUT2D eigenvalue weighted by Crippen LogP contribution is 2.60. The number of benzene rings is 1. The Balaban J connectivity index is 1.08. The van der Waals surface area contributed by atoms with E-state index in [0.29, 0.717) is 48.2 Å². The van der Waals surface area contributed by atoms with Gasteiger partial charge >= 0.3 is 0 Å². The van der Waals surface area contributed by atoms with Gasteiger partial charge in [-0.3, -0.25) is 14.4 Å². The minimum absolute atomic E-state index is 0.0471. The van der Waals surface area contributed by atoms with Gasteiger partial charge in [0, 0.05) is 37.4 Å². The molecule has 2 heterocycles. The Morgan fingerprint density at radius 1 is 0.853 bits per heavy atom. The Morgan fingerprint density at radius 3 is 2.12 bits per heavy atom. The van der Waals surface area contributed by atoms with Crippen molar-refractivity contribution < 1.29 is 14.4 Å². The lowest BCUT2D eigenvalue weighted by atomic mass is 9.49. The molecule has 4 bridgehead atoms. The lowest BCUT2D eigenvalue weighted by molar-refractivity contribution is -0.159. The molecule has 3 amide bonds. The van der Waals surface area contributed by atoms with Crippen LogP contribution in [0.4, 0.5) is 5.69 Å². The maximum atomic E-state index is 13.6. The van der Waals surface area contributed by atoms with Gasteiger partial charge < -0.3 is 15.1 Å². The average molecular weight is 478 g/mol. The van der Waals surface area contributed by atoms with Gasteiger partial charge in [0.05, 0.1) is 10.3 Å². The van der Waals surface area contributed by atoms with Crippen LogP contribution in [-0.2, 0) is 4.79 Å². The van der Waals surface area contributed by atoms with E-state index in [1.807, 2.05) is 21.2 Å². The van der Waals surface area contributed by atoms with E-state index >= 15 is 0 Å². The molecule has 1 saturated heterocycles. The third kappa shape index (κ3) is 3.94. The molecule has 5 aliphatic rings. The number of hydrogen-bond acceptors (Lipinski definition) is 4. The normalized spacial score (nSPS) is 29.8. The number of thiophene rings is 1. The molecule has 0 atom stereocenters. The van der Waals surface area contributed by atoms with Crippen molar-refractivity contribution in [2.45, 2.75) is 38.5 Å². The second kappa shape index (κ2) is 8.52. The second-order valence-corrected chi connectivity index (χ2v) is 11.7. The molecular weight excluding hydrogens is 446 g/mol. The Bertz CT molecular complexity index is 1070. The summed E-state index contributed by atoms with van der Waals surface area (Å²) in [6, 6.07) is 10.7. The predicted molar refractivity (Wildman–Crippen MR) is 132 cm³/mol. The Kier molecular flexibility index (Phi) is 5.47. The average Bonchev–Trinajstić information content (AvgIpc) is 3.38. The summed E-state index contributed by atoms with van der Waals surface area (Å²) >= 11 is 1.38. The fraction of sp³-hybridized carbons (Fsp3) is 0.519. The van der Waals surface area contributed by atoms with Gasteiger partial charge in [-0.1, -0.05) is 12.1 Å². The molecule has 1 N–H and O–H groups in total. The van der Waals surface area contributed by atoms with Gasteiger partial charge in [0.2, 0.25) is 5.91 Å². The van der Waals surface area contributed by atoms with Crippen LogP contribution in [0.1, 0.15) is 58.6 Å². The van der Waals surface area contributed by atoms with Crippen molar-refractivity contribution in [2.24, 2.45) is 23.2 Å². The van der Waals surface area contributed by atoms with Crippen LogP contribution in [0.25, 0.3) is 0 Å². The smallest absolute Gasteiger partial charge is 0.265 e. The summed E-state index contributed by atoms with van der Waals surface area (Å²) in [7, 11) is 0. The Morgan fingerprint density at radius 2 is 1.50 bits per heavy atom. The first-order chi connectivity index (χ1) is 16.5. The van der Waals surface area contributed by atoms with E-state index in [2.05, 4.69) is 5.32 Å². The van der Waals surface area contributed by atoms with Crippen LogP contribution >= 0.6 is 11.3 Å². The van der Waals surface area contributed by atoms with Gasteiger partial charge in [-0.2, -0.15) is 0 Å². The highest BCUT2D eigenvalue weighted by molar-refractivity contribution is 7.12. The van der Waals surface area contributed by atoms with Crippen LogP contribution < -0.4 is 5.32 Å². The zero-order valence-corrected chi connectivity index (χ0v) is 20.2. The monoisotopic (exact) mass is 477 g/mol. The highest BCUT2D eigenvalue weighted by atomic mass is 32.1. The summed E-state index contributed by atoms with van der Waals surface area (Å²) < 4.78 is 0. The molecule has 4 aliphatic carbocycles. The number of anilines is 1. The first-order valence-electron chi connectivity index (χ1n) is 12.5. The van der Waals surface area contributed by atoms with Crippen molar-refractivity contribution >= 4 is 34.7 Å². The summed E-state index contributed by atoms with van der Waals surface area (Å²) in [6.45, 7) is 2.34. The van der Waals surface area contributed by atoms with Crippen molar-refractivity contribution in [1.82, 2.24) is 9.80 Å². The van der Waals surface area contributed by atoms with Gasteiger partial charge in [0.1, 0.15) is 0 Å². The fourth-order valence-electron chi connectivity index (χ4n) is 7.33. The first-order valence-corrected chi connectivity index (χ1v) is 13.4. The second-order valence-electron chi connectivity index (χ2n) is 10.8. The maximum Gasteiger partial charge on any atom is 0.265 e. The van der Waals surface area contributed by atoms with Crippen LogP contribution in [-0.4, -0.2) is 53.7 Å². The summed E-state index contributed by atoms with van der Waals surface area (Å²) in [5, 5.41) is 4.74. The standard InChI is InChI=1S/C27H31N3O3S/c31-24(23-5-2-10-34-23)28-22-4-1-3-21(14-22)25(32)29-6-8-30(9-7-29)26(33)27-15-18-11-19(16-27)13-20(12-18)17-27/h1-5,10,14,18-20H,6-9,11-13,15-17H2,(H,28,31). The minimum Gasteiger partial charge on any atom is -0.339 e. The number of carbonyl (C=O) groups is 3. The van der Waals surface area contributed by atoms with Crippen LogP contribution in [0, 0.1) is 23.2 Å². The molecule has 7 heteroatoms. The highest BCUT2D eigenvalue weighted by Gasteiger charge is 2.55. The van der Waals surface area contributed by atoms with Crippen molar-refractivity contribution in [3.63, 3.8) is 0 Å². The van der Waals surface area contributed by atoms with E-state index in [9.17, 15) is 14.4 Å². The summed E-state index contributed by atoms with van der Waals surface area (Å²) in [6.07, 6.45) is 7.26. The Hall–Kier alpha value is -2.67. The summed E-state index contributed by atoms with van der Waals surface area (Å²) in [4.78, 5) is 43.7. The SMILES string of the molecule is O=C(Nc1cccc(C(=O)N2CCN(C(=O)C34CC5CC(CC(C5)C3)C4)CC2)c1)c1cccs1. The molecule has 5 fully saturated rings. The summed E-state index contributed by atoms with van der Waals surface area (Å²) in [5.74, 6) is 2.41. The molecule has 2 aromatic rings. The van der Waals surface area contributed by atoms with Crippen LogP contribution in [0.5, 0.6) is 0 Å². The molecule has 34 heavy (non-hydrogen) atoms. The van der Waals surface area contributed by atoms with Gasteiger partial charge in [-0.25, -0.2) is 0 Å². The zero-order chi connectivity index (χ0) is 23.3. The van der Waals surface area contributed by atoms with E-state index in [0.717, 1.165) is 37.0 Å². The number of nitrogens with one attached hydrogen (secondary N) is 1. The van der Waals surface area contributed by atoms with E-state index in [4.69, 9.17) is 0 Å². The van der Waals surface area contributed by atoms with Crippen molar-refractivity contribution in [1.29, 1.82) is 0 Å². The maximum absolute atomic E-state index is 13.6. The topological polar surface area (TPSA) is 69.7 Å². The van der Waals surface area contributed by atoms with E-state index in [-0.39, 0.29) is 17.2 Å². The molecule has 1 aromatic heterocycles. The minimum atomic E-state index is -0.170. The molecule has 6 nitrogen and oxygen atoms in total. The third-order valence-electron chi connectivity index (χ3n) is 8.46. The lowest BCUT2D eigenvalue weighted by Gasteiger charge is -2.57. The van der Waals surface area contributed by atoms with Crippen molar-refractivity contribution in [2.75, 3.05) is 31.5 Å². The molecular formula is C27H31N3O3S. The van der Waals surface area contributed by atoms with Crippen LogP contribution in [0.15, 0.2) is 41.8 Å². The molecule has 7 rings (SSSR count). The largest absolute Gasteiger partial charge is 0.339 e. The van der Waals surface area contributed by atoms with Crippen LogP contribution in [0.2, 0.25) is 0 Å². The molecule has 1 aromatic carbocycles. The number of carbonyl (C=O) groups excluding carboxylic acids is 3. The number of amides is 3. The molecule has 0 unspecified atom stereocenters. The molecule has 0 radical (unpaired) electrons. The quantitative estimate of drug-likeness (QED) is 0.705. The summed E-state index contributed by atoms with van der Waals surface area (Å²) in [5.41, 5.74) is 1.06.